The minimum atomic E-state index is 0.176. The molecule has 14 heavy (non-hydrogen) atoms. The van der Waals surface area contributed by atoms with E-state index in [-0.39, 0.29) is 5.75 Å². The first-order valence-electron chi connectivity index (χ1n) is 4.35. The Kier molecular flexibility index (Phi) is 4.01. The predicted octanol–water partition coefficient (Wildman–Crippen LogP) is 2.06. The fourth-order valence-corrected chi connectivity index (χ4v) is 1.03. The van der Waals surface area contributed by atoms with Gasteiger partial charge in [-0.25, -0.2) is 0 Å². The molecule has 0 aliphatic carbocycles. The Bertz CT molecular complexity index is 307. The van der Waals surface area contributed by atoms with Crippen LogP contribution in [0.1, 0.15) is 5.56 Å². The lowest BCUT2D eigenvalue weighted by Gasteiger charge is -2.06. The maximum absolute atomic E-state index is 9.47. The van der Waals surface area contributed by atoms with Crippen LogP contribution < -0.4 is 4.74 Å². The van der Waals surface area contributed by atoms with E-state index >= 15 is 0 Å². The number of hydrogen-bond acceptors (Lipinski definition) is 3. The summed E-state index contributed by atoms with van der Waals surface area (Å²) in [4.78, 5) is 0. The van der Waals surface area contributed by atoms with Crippen LogP contribution in [0.2, 0.25) is 0 Å². The lowest BCUT2D eigenvalue weighted by atomic mass is 10.2. The first kappa shape index (κ1) is 10.6. The minimum absolute atomic E-state index is 0.176. The Hall–Kier alpha value is -1.48. The standard InChI is InChI=1S/C11H14O3/c1-3-9-4-5-10(8-11(9)12)14-7-6-13-2/h3-5,8,12H,1,6-7H2,2H3. The Labute approximate surface area is 83.6 Å². The molecule has 0 aliphatic heterocycles. The van der Waals surface area contributed by atoms with Gasteiger partial charge in [0.2, 0.25) is 0 Å². The van der Waals surface area contributed by atoms with E-state index in [4.69, 9.17) is 9.47 Å². The van der Waals surface area contributed by atoms with Gasteiger partial charge in [0.1, 0.15) is 18.1 Å². The summed E-state index contributed by atoms with van der Waals surface area (Å²) in [5.41, 5.74) is 0.698. The van der Waals surface area contributed by atoms with Crippen molar-refractivity contribution in [1.29, 1.82) is 0 Å². The molecule has 0 heterocycles. The van der Waals surface area contributed by atoms with Gasteiger partial charge in [0.25, 0.3) is 0 Å². The summed E-state index contributed by atoms with van der Waals surface area (Å²) in [6.45, 7) is 4.58. The zero-order valence-corrected chi connectivity index (χ0v) is 8.19. The van der Waals surface area contributed by atoms with Gasteiger partial charge in [-0.05, 0) is 12.1 Å². The number of phenolic OH excluding ortho intramolecular Hbond substituents is 1. The molecular weight excluding hydrogens is 180 g/mol. The highest BCUT2D eigenvalue weighted by molar-refractivity contribution is 5.56. The second-order valence-corrected chi connectivity index (χ2v) is 2.77. The van der Waals surface area contributed by atoms with Gasteiger partial charge in [-0.2, -0.15) is 0 Å². The molecular formula is C11H14O3. The molecule has 1 N–H and O–H groups in total. The van der Waals surface area contributed by atoms with Crippen LogP contribution in [0.4, 0.5) is 0 Å². The lowest BCUT2D eigenvalue weighted by Crippen LogP contribution is -2.03. The summed E-state index contributed by atoms with van der Waals surface area (Å²) < 4.78 is 10.1. The summed E-state index contributed by atoms with van der Waals surface area (Å²) in [6, 6.07) is 5.10. The number of aromatic hydroxyl groups is 1. The van der Waals surface area contributed by atoms with Crippen molar-refractivity contribution in [2.75, 3.05) is 20.3 Å². The van der Waals surface area contributed by atoms with Gasteiger partial charge >= 0.3 is 0 Å². The Morgan fingerprint density at radius 2 is 2.21 bits per heavy atom. The molecule has 0 bridgehead atoms. The zero-order valence-electron chi connectivity index (χ0n) is 8.19. The van der Waals surface area contributed by atoms with E-state index in [0.717, 1.165) is 0 Å². The number of phenols is 1. The van der Waals surface area contributed by atoms with Gasteiger partial charge in [-0.3, -0.25) is 0 Å². The van der Waals surface area contributed by atoms with E-state index in [9.17, 15) is 5.11 Å². The second-order valence-electron chi connectivity index (χ2n) is 2.77. The lowest BCUT2D eigenvalue weighted by molar-refractivity contribution is 0.146. The second kappa shape index (κ2) is 5.29. The molecule has 0 amide bonds. The Morgan fingerprint density at radius 1 is 1.43 bits per heavy atom. The van der Waals surface area contributed by atoms with Crippen molar-refractivity contribution in [3.63, 3.8) is 0 Å². The van der Waals surface area contributed by atoms with Gasteiger partial charge in [0, 0.05) is 18.7 Å². The highest BCUT2D eigenvalue weighted by Crippen LogP contribution is 2.24. The molecule has 1 aromatic carbocycles. The van der Waals surface area contributed by atoms with Crippen LogP contribution in [0.25, 0.3) is 6.08 Å². The number of benzene rings is 1. The quantitative estimate of drug-likeness (QED) is 0.729. The van der Waals surface area contributed by atoms with E-state index in [1.54, 1.807) is 31.4 Å². The average molecular weight is 194 g/mol. The molecule has 0 saturated carbocycles. The summed E-state index contributed by atoms with van der Waals surface area (Å²) >= 11 is 0. The summed E-state index contributed by atoms with van der Waals surface area (Å²) in [5.74, 6) is 0.806. The molecule has 0 saturated heterocycles. The van der Waals surface area contributed by atoms with Crippen LogP contribution in [0.5, 0.6) is 11.5 Å². The molecule has 3 nitrogen and oxygen atoms in total. The molecule has 3 heteroatoms. The van der Waals surface area contributed by atoms with E-state index in [0.29, 0.717) is 24.5 Å². The van der Waals surface area contributed by atoms with Crippen LogP contribution in [-0.2, 0) is 4.74 Å². The van der Waals surface area contributed by atoms with Crippen molar-refractivity contribution in [1.82, 2.24) is 0 Å². The molecule has 0 radical (unpaired) electrons. The van der Waals surface area contributed by atoms with Crippen molar-refractivity contribution in [3.05, 3.63) is 30.3 Å². The number of methoxy groups -OCH3 is 1. The van der Waals surface area contributed by atoms with Gasteiger partial charge in [0.15, 0.2) is 0 Å². The Morgan fingerprint density at radius 3 is 2.79 bits per heavy atom. The fraction of sp³-hybridized carbons (Fsp3) is 0.273. The van der Waals surface area contributed by atoms with E-state index in [1.165, 1.54) is 0 Å². The van der Waals surface area contributed by atoms with Crippen molar-refractivity contribution in [2.24, 2.45) is 0 Å². The highest BCUT2D eigenvalue weighted by atomic mass is 16.5. The summed E-state index contributed by atoms with van der Waals surface area (Å²) in [5, 5.41) is 9.47. The smallest absolute Gasteiger partial charge is 0.126 e. The normalized spacial score (nSPS) is 9.79. The van der Waals surface area contributed by atoms with Gasteiger partial charge < -0.3 is 14.6 Å². The third kappa shape index (κ3) is 2.78. The van der Waals surface area contributed by atoms with Crippen molar-refractivity contribution < 1.29 is 14.6 Å². The third-order valence-corrected chi connectivity index (χ3v) is 1.78. The maximum Gasteiger partial charge on any atom is 0.126 e. The zero-order chi connectivity index (χ0) is 10.4. The predicted molar refractivity (Wildman–Crippen MR) is 55.6 cm³/mol. The molecule has 0 aromatic heterocycles. The molecule has 1 aromatic rings. The van der Waals surface area contributed by atoms with Crippen LogP contribution >= 0.6 is 0 Å². The molecule has 1 rings (SSSR count). The van der Waals surface area contributed by atoms with Crippen LogP contribution in [0.3, 0.4) is 0 Å². The first-order valence-corrected chi connectivity index (χ1v) is 4.35. The fourth-order valence-electron chi connectivity index (χ4n) is 1.03. The van der Waals surface area contributed by atoms with Crippen LogP contribution in [-0.4, -0.2) is 25.4 Å². The molecule has 0 spiro atoms. The molecule has 0 unspecified atom stereocenters. The average Bonchev–Trinajstić information content (AvgIpc) is 2.18. The molecule has 0 fully saturated rings. The van der Waals surface area contributed by atoms with Gasteiger partial charge in [-0.15, -0.1) is 0 Å². The van der Waals surface area contributed by atoms with Crippen molar-refractivity contribution in [3.8, 4) is 11.5 Å². The molecule has 0 atom stereocenters. The van der Waals surface area contributed by atoms with Crippen molar-refractivity contribution >= 4 is 6.08 Å². The maximum atomic E-state index is 9.47. The first-order chi connectivity index (χ1) is 6.77. The highest BCUT2D eigenvalue weighted by Gasteiger charge is 1.99. The summed E-state index contributed by atoms with van der Waals surface area (Å²) in [6.07, 6.45) is 1.59. The SMILES string of the molecule is C=Cc1ccc(OCCOC)cc1O. The number of rotatable bonds is 5. The van der Waals surface area contributed by atoms with Gasteiger partial charge in [0.05, 0.1) is 6.61 Å². The summed E-state index contributed by atoms with van der Waals surface area (Å²) in [7, 11) is 1.61. The topological polar surface area (TPSA) is 38.7 Å². The van der Waals surface area contributed by atoms with Crippen LogP contribution in [0.15, 0.2) is 24.8 Å². The van der Waals surface area contributed by atoms with E-state index in [1.807, 2.05) is 0 Å². The molecule has 76 valence electrons. The molecule has 0 aliphatic rings. The Balaban J connectivity index is 2.62. The van der Waals surface area contributed by atoms with Crippen molar-refractivity contribution in [2.45, 2.75) is 0 Å². The van der Waals surface area contributed by atoms with E-state index < -0.39 is 0 Å². The minimum Gasteiger partial charge on any atom is -0.507 e. The van der Waals surface area contributed by atoms with Crippen LogP contribution in [0, 0.1) is 0 Å². The largest absolute Gasteiger partial charge is 0.507 e. The number of ether oxygens (including phenoxy) is 2. The monoisotopic (exact) mass is 194 g/mol. The third-order valence-electron chi connectivity index (χ3n) is 1.78. The van der Waals surface area contributed by atoms with E-state index in [2.05, 4.69) is 6.58 Å². The van der Waals surface area contributed by atoms with Gasteiger partial charge in [-0.1, -0.05) is 12.7 Å². The number of hydrogen-bond donors (Lipinski definition) is 1.